The fourth-order valence-electron chi connectivity index (χ4n) is 3.60. The fraction of sp³-hybridized carbons (Fsp3) is 0.667. The highest BCUT2D eigenvalue weighted by atomic mass is 16.4. The van der Waals surface area contributed by atoms with Gasteiger partial charge in [0.05, 0.1) is 12.4 Å². The van der Waals surface area contributed by atoms with Gasteiger partial charge in [-0.15, -0.1) is 0 Å². The molecule has 0 saturated carbocycles. The lowest BCUT2D eigenvalue weighted by atomic mass is 10.0. The maximum atomic E-state index is 13.1. The van der Waals surface area contributed by atoms with Crippen LogP contribution in [0.2, 0.25) is 0 Å². The number of rotatable bonds is 12. The summed E-state index contributed by atoms with van der Waals surface area (Å²) in [6.07, 6.45) is 5.73. The van der Waals surface area contributed by atoms with Gasteiger partial charge in [-0.1, -0.05) is 27.2 Å². The summed E-state index contributed by atoms with van der Waals surface area (Å²) < 4.78 is 0. The van der Waals surface area contributed by atoms with E-state index in [1.54, 1.807) is 20.0 Å². The number of nitrogens with zero attached hydrogens (tertiary/aromatic N) is 1. The fourth-order valence-corrected chi connectivity index (χ4v) is 3.60. The average molecular weight is 451 g/mol. The molecule has 0 bridgehead atoms. The Morgan fingerprint density at radius 3 is 2.41 bits per heavy atom. The molecule has 1 aromatic heterocycles. The SMILES string of the molecule is CCC[C@H](NC(=O)[C@H](Cc1cnc[nH]1)NC(=O)[C@@H]1CCCN1)C(=O)N[C@H](C(=O)O)C(C)C. The second kappa shape index (κ2) is 12.2. The zero-order chi connectivity index (χ0) is 23.7. The van der Waals surface area contributed by atoms with Gasteiger partial charge in [-0.2, -0.15) is 0 Å². The number of nitrogens with one attached hydrogen (secondary N) is 5. The van der Waals surface area contributed by atoms with E-state index in [0.717, 1.165) is 13.0 Å². The molecule has 178 valence electrons. The molecule has 1 fully saturated rings. The Labute approximate surface area is 187 Å². The number of H-pyrrole nitrogens is 1. The normalized spacial score (nSPS) is 18.6. The molecule has 1 aliphatic heterocycles. The zero-order valence-electron chi connectivity index (χ0n) is 18.8. The summed E-state index contributed by atoms with van der Waals surface area (Å²) in [5, 5.41) is 20.4. The maximum absolute atomic E-state index is 13.1. The second-order valence-electron chi connectivity index (χ2n) is 8.41. The number of hydrogen-bond donors (Lipinski definition) is 6. The maximum Gasteiger partial charge on any atom is 0.326 e. The predicted octanol–water partition coefficient (Wildman–Crippen LogP) is -0.301. The standard InChI is InChI=1S/C21H34N6O5/c1-4-6-15(19(29)27-17(12(2)3)21(31)32)25-20(30)16(9-13-10-22-11-24-13)26-18(28)14-7-5-8-23-14/h10-12,14-17,23H,4-9H2,1-3H3,(H,22,24)(H,25,30)(H,26,28)(H,27,29)(H,31,32)/t14-,15-,16-,17-/m0/s1. The molecule has 0 spiro atoms. The summed E-state index contributed by atoms with van der Waals surface area (Å²) in [6, 6.07) is -3.26. The van der Waals surface area contributed by atoms with Gasteiger partial charge in [0.2, 0.25) is 17.7 Å². The highest BCUT2D eigenvalue weighted by molar-refractivity contribution is 5.94. The third-order valence-corrected chi connectivity index (χ3v) is 5.43. The summed E-state index contributed by atoms with van der Waals surface area (Å²) in [5.74, 6) is -2.81. The van der Waals surface area contributed by atoms with Crippen LogP contribution in [0.4, 0.5) is 0 Å². The molecule has 11 nitrogen and oxygen atoms in total. The molecular weight excluding hydrogens is 416 g/mol. The van der Waals surface area contributed by atoms with E-state index >= 15 is 0 Å². The molecule has 32 heavy (non-hydrogen) atoms. The van der Waals surface area contributed by atoms with Crippen molar-refractivity contribution in [2.45, 2.75) is 77.0 Å². The van der Waals surface area contributed by atoms with Gasteiger partial charge in [-0.25, -0.2) is 9.78 Å². The van der Waals surface area contributed by atoms with Gasteiger partial charge in [-0.3, -0.25) is 14.4 Å². The van der Waals surface area contributed by atoms with Gasteiger partial charge >= 0.3 is 5.97 Å². The number of carbonyl (C=O) groups is 4. The Balaban J connectivity index is 2.11. The van der Waals surface area contributed by atoms with Crippen LogP contribution in [-0.2, 0) is 25.6 Å². The number of aromatic nitrogens is 2. The Morgan fingerprint density at radius 2 is 1.88 bits per heavy atom. The average Bonchev–Trinajstić information content (AvgIpc) is 3.44. The van der Waals surface area contributed by atoms with Crippen LogP contribution < -0.4 is 21.3 Å². The van der Waals surface area contributed by atoms with Gasteiger partial charge in [0.1, 0.15) is 18.1 Å². The molecule has 0 aromatic carbocycles. The monoisotopic (exact) mass is 450 g/mol. The van der Waals surface area contributed by atoms with Gasteiger partial charge < -0.3 is 31.4 Å². The quantitative estimate of drug-likeness (QED) is 0.254. The first-order chi connectivity index (χ1) is 15.2. The summed E-state index contributed by atoms with van der Waals surface area (Å²) in [7, 11) is 0. The molecule has 11 heteroatoms. The Kier molecular flexibility index (Phi) is 9.63. The van der Waals surface area contributed by atoms with E-state index in [4.69, 9.17) is 0 Å². The molecule has 1 aliphatic rings. The summed E-state index contributed by atoms with van der Waals surface area (Å²) in [6.45, 7) is 5.99. The zero-order valence-corrected chi connectivity index (χ0v) is 18.8. The summed E-state index contributed by atoms with van der Waals surface area (Å²) in [4.78, 5) is 56.8. The minimum atomic E-state index is -1.14. The minimum Gasteiger partial charge on any atom is -0.480 e. The van der Waals surface area contributed by atoms with Gasteiger partial charge in [0, 0.05) is 18.3 Å². The topological polar surface area (TPSA) is 165 Å². The number of aromatic amines is 1. The molecule has 3 amide bonds. The first-order valence-corrected chi connectivity index (χ1v) is 11.1. The minimum absolute atomic E-state index is 0.175. The molecule has 4 atom stereocenters. The number of imidazole rings is 1. The van der Waals surface area contributed by atoms with Crippen molar-refractivity contribution in [3.05, 3.63) is 18.2 Å². The van der Waals surface area contributed by atoms with E-state index < -0.39 is 35.9 Å². The van der Waals surface area contributed by atoms with Crippen molar-refractivity contribution in [3.63, 3.8) is 0 Å². The van der Waals surface area contributed by atoms with Crippen molar-refractivity contribution in [1.29, 1.82) is 0 Å². The Bertz CT molecular complexity index is 776. The van der Waals surface area contributed by atoms with Crippen molar-refractivity contribution in [2.75, 3.05) is 6.54 Å². The van der Waals surface area contributed by atoms with E-state index in [1.807, 2.05) is 6.92 Å². The van der Waals surface area contributed by atoms with Crippen molar-refractivity contribution in [1.82, 2.24) is 31.2 Å². The largest absolute Gasteiger partial charge is 0.480 e. The van der Waals surface area contributed by atoms with E-state index in [-0.39, 0.29) is 24.3 Å². The van der Waals surface area contributed by atoms with Crippen LogP contribution in [0.1, 0.15) is 52.1 Å². The van der Waals surface area contributed by atoms with Crippen LogP contribution in [0.25, 0.3) is 0 Å². The van der Waals surface area contributed by atoms with E-state index in [9.17, 15) is 24.3 Å². The number of amides is 3. The van der Waals surface area contributed by atoms with E-state index in [0.29, 0.717) is 25.0 Å². The molecule has 2 heterocycles. The Hall–Kier alpha value is -2.95. The van der Waals surface area contributed by atoms with E-state index in [1.165, 1.54) is 6.33 Å². The summed E-state index contributed by atoms with van der Waals surface area (Å²) >= 11 is 0. The van der Waals surface area contributed by atoms with Crippen molar-refractivity contribution < 1.29 is 24.3 Å². The van der Waals surface area contributed by atoms with Crippen LogP contribution >= 0.6 is 0 Å². The van der Waals surface area contributed by atoms with Crippen LogP contribution in [-0.4, -0.2) is 69.5 Å². The van der Waals surface area contributed by atoms with Crippen molar-refractivity contribution >= 4 is 23.7 Å². The van der Waals surface area contributed by atoms with Crippen molar-refractivity contribution in [2.24, 2.45) is 5.92 Å². The third-order valence-electron chi connectivity index (χ3n) is 5.43. The Morgan fingerprint density at radius 1 is 1.16 bits per heavy atom. The summed E-state index contributed by atoms with van der Waals surface area (Å²) in [5.41, 5.74) is 0.659. The number of carbonyl (C=O) groups excluding carboxylic acids is 3. The van der Waals surface area contributed by atoms with Crippen molar-refractivity contribution in [3.8, 4) is 0 Å². The highest BCUT2D eigenvalue weighted by Gasteiger charge is 2.32. The van der Waals surface area contributed by atoms with Gasteiger partial charge in [0.15, 0.2) is 0 Å². The molecule has 0 aliphatic carbocycles. The number of carboxylic acids is 1. The lowest BCUT2D eigenvalue weighted by molar-refractivity contribution is -0.143. The number of hydrogen-bond acceptors (Lipinski definition) is 6. The molecule has 0 radical (unpaired) electrons. The third kappa shape index (κ3) is 7.33. The lowest BCUT2D eigenvalue weighted by Gasteiger charge is -2.25. The van der Waals surface area contributed by atoms with Crippen LogP contribution in [0.3, 0.4) is 0 Å². The second-order valence-corrected chi connectivity index (χ2v) is 8.41. The van der Waals surface area contributed by atoms with Crippen LogP contribution in [0.15, 0.2) is 12.5 Å². The molecular formula is C21H34N6O5. The van der Waals surface area contributed by atoms with Crippen LogP contribution in [0.5, 0.6) is 0 Å². The molecule has 1 aromatic rings. The first-order valence-electron chi connectivity index (χ1n) is 11.1. The lowest BCUT2D eigenvalue weighted by Crippen LogP contribution is -2.58. The molecule has 2 rings (SSSR count). The van der Waals surface area contributed by atoms with Crippen LogP contribution in [0, 0.1) is 5.92 Å². The molecule has 1 saturated heterocycles. The van der Waals surface area contributed by atoms with E-state index in [2.05, 4.69) is 31.2 Å². The number of aliphatic carboxylic acids is 1. The number of carboxylic acid groups (broad SMARTS) is 1. The first kappa shape index (κ1) is 25.3. The smallest absolute Gasteiger partial charge is 0.326 e. The highest BCUT2D eigenvalue weighted by Crippen LogP contribution is 2.08. The molecule has 6 N–H and O–H groups in total. The van der Waals surface area contributed by atoms with Gasteiger partial charge in [-0.05, 0) is 31.7 Å². The molecule has 0 unspecified atom stereocenters. The predicted molar refractivity (Wildman–Crippen MR) is 116 cm³/mol. The van der Waals surface area contributed by atoms with Gasteiger partial charge in [0.25, 0.3) is 0 Å².